The van der Waals surface area contributed by atoms with E-state index in [0.29, 0.717) is 13.1 Å². The van der Waals surface area contributed by atoms with Crippen LogP contribution in [-0.2, 0) is 13.1 Å². The van der Waals surface area contributed by atoms with E-state index in [0.717, 1.165) is 27.4 Å². The first kappa shape index (κ1) is 17.2. The maximum Gasteiger partial charge on any atom is 0.272 e. The van der Waals surface area contributed by atoms with E-state index in [1.807, 2.05) is 58.6 Å². The van der Waals surface area contributed by atoms with E-state index in [9.17, 15) is 4.79 Å². The second-order valence-electron chi connectivity index (χ2n) is 6.06. The van der Waals surface area contributed by atoms with Crippen molar-refractivity contribution in [2.75, 3.05) is 7.11 Å². The van der Waals surface area contributed by atoms with Crippen LogP contribution in [0.2, 0.25) is 0 Å². The Kier molecular flexibility index (Phi) is 4.84. The molecule has 136 valence electrons. The summed E-state index contributed by atoms with van der Waals surface area (Å²) in [6.07, 6.45) is 5.76. The van der Waals surface area contributed by atoms with Crippen LogP contribution < -0.4 is 10.3 Å². The molecule has 0 unspecified atom stereocenters. The van der Waals surface area contributed by atoms with Crippen molar-refractivity contribution in [2.24, 2.45) is 0 Å². The Hall–Kier alpha value is -3.19. The van der Waals surface area contributed by atoms with Gasteiger partial charge >= 0.3 is 0 Å². The minimum atomic E-state index is -0.0886. The van der Waals surface area contributed by atoms with E-state index < -0.39 is 0 Å². The smallest absolute Gasteiger partial charge is 0.272 e. The number of nitrogens with zero attached hydrogens (tertiary/aromatic N) is 4. The summed E-state index contributed by atoms with van der Waals surface area (Å²) in [4.78, 5) is 18.1. The first-order chi connectivity index (χ1) is 13.2. The lowest BCUT2D eigenvalue weighted by Crippen LogP contribution is -2.29. The van der Waals surface area contributed by atoms with Crippen molar-refractivity contribution in [3.05, 3.63) is 87.4 Å². The molecule has 4 rings (SSSR count). The molecule has 3 heterocycles. The van der Waals surface area contributed by atoms with E-state index in [4.69, 9.17) is 4.74 Å². The quantitative estimate of drug-likeness (QED) is 0.517. The average Bonchev–Trinajstić information content (AvgIpc) is 3.39. The topological polar surface area (TPSA) is 61.9 Å². The van der Waals surface area contributed by atoms with Gasteiger partial charge in [0.25, 0.3) is 5.56 Å². The molecule has 0 fully saturated rings. The Labute approximate surface area is 160 Å². The molecule has 1 aromatic carbocycles. The molecule has 0 aliphatic heterocycles. The number of methoxy groups -OCH3 is 1. The summed E-state index contributed by atoms with van der Waals surface area (Å²) in [5.74, 6) is 0.782. The van der Waals surface area contributed by atoms with E-state index in [1.54, 1.807) is 31.0 Å². The molecule has 0 N–H and O–H groups in total. The third kappa shape index (κ3) is 3.83. The predicted octanol–water partition coefficient (Wildman–Crippen LogP) is 3.27. The second kappa shape index (κ2) is 7.59. The molecule has 0 spiro atoms. The summed E-state index contributed by atoms with van der Waals surface area (Å²) >= 11 is 1.64. The highest BCUT2D eigenvalue weighted by atomic mass is 32.1. The number of aromatic nitrogens is 4. The zero-order valence-corrected chi connectivity index (χ0v) is 15.6. The van der Waals surface area contributed by atoms with E-state index >= 15 is 0 Å². The zero-order chi connectivity index (χ0) is 18.6. The van der Waals surface area contributed by atoms with Gasteiger partial charge in [0.05, 0.1) is 19.1 Å². The van der Waals surface area contributed by atoms with Gasteiger partial charge in [-0.15, -0.1) is 11.3 Å². The first-order valence-corrected chi connectivity index (χ1v) is 9.34. The third-order valence-corrected chi connectivity index (χ3v) is 5.11. The van der Waals surface area contributed by atoms with Gasteiger partial charge in [0.2, 0.25) is 0 Å². The van der Waals surface area contributed by atoms with Crippen molar-refractivity contribution in [1.29, 1.82) is 0 Å². The summed E-state index contributed by atoms with van der Waals surface area (Å²) in [5.41, 5.74) is 2.32. The highest BCUT2D eigenvalue weighted by Gasteiger charge is 2.12. The highest BCUT2D eigenvalue weighted by molar-refractivity contribution is 7.09. The molecule has 6 nitrogen and oxygen atoms in total. The molecule has 0 aliphatic rings. The fourth-order valence-electron chi connectivity index (χ4n) is 2.85. The van der Waals surface area contributed by atoms with Gasteiger partial charge in [-0.2, -0.15) is 5.10 Å². The molecule has 0 amide bonds. The Morgan fingerprint density at radius 1 is 1.19 bits per heavy atom. The predicted molar refractivity (Wildman–Crippen MR) is 105 cm³/mol. The minimum Gasteiger partial charge on any atom is -0.497 e. The van der Waals surface area contributed by atoms with Crippen LogP contribution in [0, 0.1) is 0 Å². The van der Waals surface area contributed by atoms with Gasteiger partial charge in [0, 0.05) is 34.8 Å². The SMILES string of the molecule is COc1ccc(-c2cc(Cc3cccs3)c(=O)n(Cn3ccnc3)n2)cc1. The molecule has 0 aliphatic carbocycles. The molecule has 4 aromatic rings. The van der Waals surface area contributed by atoms with Crippen molar-refractivity contribution in [3.8, 4) is 17.0 Å². The van der Waals surface area contributed by atoms with E-state index in [2.05, 4.69) is 10.1 Å². The lowest BCUT2D eigenvalue weighted by molar-refractivity contribution is 0.415. The standard InChI is InChI=1S/C20H18N4O2S/c1-26-17-6-4-15(5-7-17)19-12-16(11-18-3-2-10-27-18)20(25)24(22-19)14-23-9-8-21-13-23/h2-10,12-13H,11,14H2,1H3. The maximum atomic E-state index is 13.0. The summed E-state index contributed by atoms with van der Waals surface area (Å²) in [5, 5.41) is 6.60. The minimum absolute atomic E-state index is 0.0886. The van der Waals surface area contributed by atoms with Crippen molar-refractivity contribution in [3.63, 3.8) is 0 Å². The number of hydrogen-bond donors (Lipinski definition) is 0. The van der Waals surface area contributed by atoms with E-state index in [-0.39, 0.29) is 5.56 Å². The van der Waals surface area contributed by atoms with Crippen molar-refractivity contribution in [1.82, 2.24) is 19.3 Å². The van der Waals surface area contributed by atoms with Crippen molar-refractivity contribution >= 4 is 11.3 Å². The highest BCUT2D eigenvalue weighted by Crippen LogP contribution is 2.22. The monoisotopic (exact) mass is 378 g/mol. The van der Waals surface area contributed by atoms with Crippen LogP contribution in [0.3, 0.4) is 0 Å². The van der Waals surface area contributed by atoms with E-state index in [1.165, 1.54) is 4.68 Å². The van der Waals surface area contributed by atoms with Gasteiger partial charge in [-0.1, -0.05) is 6.07 Å². The lowest BCUT2D eigenvalue weighted by Gasteiger charge is -2.11. The fourth-order valence-corrected chi connectivity index (χ4v) is 3.58. The first-order valence-electron chi connectivity index (χ1n) is 8.46. The van der Waals surface area contributed by atoms with Crippen LogP contribution in [0.5, 0.6) is 5.75 Å². The van der Waals surface area contributed by atoms with Crippen molar-refractivity contribution < 1.29 is 4.74 Å². The number of imidazole rings is 1. The molecule has 0 radical (unpaired) electrons. The normalized spacial score (nSPS) is 10.9. The Morgan fingerprint density at radius 2 is 2.04 bits per heavy atom. The number of rotatable bonds is 6. The Balaban J connectivity index is 1.78. The van der Waals surface area contributed by atoms with Gasteiger partial charge in [-0.25, -0.2) is 9.67 Å². The van der Waals surface area contributed by atoms with Crippen LogP contribution in [-0.4, -0.2) is 26.4 Å². The molecule has 0 saturated carbocycles. The summed E-state index contributed by atoms with van der Waals surface area (Å²) in [7, 11) is 1.64. The van der Waals surface area contributed by atoms with Crippen molar-refractivity contribution in [2.45, 2.75) is 13.1 Å². The van der Waals surface area contributed by atoms with Gasteiger partial charge in [-0.05, 0) is 41.8 Å². The number of hydrogen-bond acceptors (Lipinski definition) is 5. The van der Waals surface area contributed by atoms with Crippen LogP contribution in [0.4, 0.5) is 0 Å². The Morgan fingerprint density at radius 3 is 2.70 bits per heavy atom. The average molecular weight is 378 g/mol. The molecular formula is C20H18N4O2S. The molecule has 0 saturated heterocycles. The molecule has 0 atom stereocenters. The molecule has 7 heteroatoms. The van der Waals surface area contributed by atoms with Crippen LogP contribution in [0.15, 0.2) is 71.4 Å². The van der Waals surface area contributed by atoms with Crippen LogP contribution in [0.25, 0.3) is 11.3 Å². The van der Waals surface area contributed by atoms with Gasteiger partial charge in [0.15, 0.2) is 0 Å². The largest absolute Gasteiger partial charge is 0.497 e. The molecule has 0 bridgehead atoms. The van der Waals surface area contributed by atoms with Gasteiger partial charge < -0.3 is 9.30 Å². The van der Waals surface area contributed by atoms with Gasteiger partial charge in [-0.3, -0.25) is 4.79 Å². The summed E-state index contributed by atoms with van der Waals surface area (Å²) in [6.45, 7) is 0.320. The van der Waals surface area contributed by atoms with Crippen LogP contribution in [0.1, 0.15) is 10.4 Å². The molecule has 3 aromatic heterocycles. The second-order valence-corrected chi connectivity index (χ2v) is 7.09. The maximum absolute atomic E-state index is 13.0. The zero-order valence-electron chi connectivity index (χ0n) is 14.8. The summed E-state index contributed by atoms with van der Waals surface area (Å²) in [6, 6.07) is 13.6. The molecular weight excluding hydrogens is 360 g/mol. The Bertz CT molecular complexity index is 1010. The lowest BCUT2D eigenvalue weighted by atomic mass is 10.1. The number of benzene rings is 1. The van der Waals surface area contributed by atoms with Crippen LogP contribution >= 0.6 is 11.3 Å². The number of ether oxygens (including phenoxy) is 1. The molecule has 27 heavy (non-hydrogen) atoms. The van der Waals surface area contributed by atoms with Gasteiger partial charge in [0.1, 0.15) is 12.4 Å². The summed E-state index contributed by atoms with van der Waals surface area (Å²) < 4.78 is 8.54. The third-order valence-electron chi connectivity index (χ3n) is 4.24. The number of thiophene rings is 1. The fraction of sp³-hybridized carbons (Fsp3) is 0.150.